The number of ether oxygens (including phenoxy) is 3. The van der Waals surface area contributed by atoms with Gasteiger partial charge in [-0.15, -0.1) is 0 Å². The molecule has 0 radical (unpaired) electrons. The van der Waals surface area contributed by atoms with Crippen LogP contribution in [0.2, 0.25) is 0 Å². The van der Waals surface area contributed by atoms with Gasteiger partial charge in [0.2, 0.25) is 5.91 Å². The van der Waals surface area contributed by atoms with Crippen molar-refractivity contribution in [2.24, 2.45) is 17.2 Å². The van der Waals surface area contributed by atoms with Crippen LogP contribution in [0.25, 0.3) is 0 Å². The molecule has 31 heavy (non-hydrogen) atoms. The van der Waals surface area contributed by atoms with E-state index in [2.05, 4.69) is 16.0 Å². The van der Waals surface area contributed by atoms with Gasteiger partial charge in [-0.1, -0.05) is 0 Å². The number of aliphatic carboxylic acids is 1. The van der Waals surface area contributed by atoms with Gasteiger partial charge in [-0.25, -0.2) is 9.59 Å². The first-order valence-corrected chi connectivity index (χ1v) is 10.3. The number of carboxylic acid groups (broad SMARTS) is 1. The van der Waals surface area contributed by atoms with E-state index in [0.717, 1.165) is 0 Å². The number of carbonyl (C=O) groups is 3. The first kappa shape index (κ1) is 29.0. The molecule has 0 saturated carbocycles. The molecule has 10 N–H and O–H groups in total. The Morgan fingerprint density at radius 3 is 1.94 bits per heavy atom. The average Bonchev–Trinajstić information content (AvgIpc) is 2.70. The number of rotatable bonds is 20. The molecule has 0 aliphatic carbocycles. The minimum absolute atomic E-state index is 0.274. The Kier molecular flexibility index (Phi) is 17.5. The topological polar surface area (TPSA) is 213 Å². The standard InChI is InChI=1S/C18H38N6O7/c19-4-1-18(2-5-20,24-15(25)13-31-14-16(26)27)3-7-22-17(28)23-8-10-30-12-11-29-9-6-21/h1-14,19-21H2,(H,24,25)(H,26,27)(H2,22,23,28). The lowest BCUT2D eigenvalue weighted by atomic mass is 9.87. The summed E-state index contributed by atoms with van der Waals surface area (Å²) in [4.78, 5) is 34.5. The summed E-state index contributed by atoms with van der Waals surface area (Å²) < 4.78 is 15.3. The number of amides is 3. The molecular formula is C18H38N6O7. The molecule has 13 nitrogen and oxygen atoms in total. The third-order valence-electron chi connectivity index (χ3n) is 4.16. The molecule has 0 aliphatic rings. The van der Waals surface area contributed by atoms with Crippen molar-refractivity contribution >= 4 is 17.9 Å². The van der Waals surface area contributed by atoms with Crippen LogP contribution in [-0.4, -0.2) is 101 Å². The Labute approximate surface area is 182 Å². The number of hydrogen-bond acceptors (Lipinski definition) is 9. The molecule has 0 fully saturated rings. The number of carbonyl (C=O) groups excluding carboxylic acids is 2. The lowest BCUT2D eigenvalue weighted by molar-refractivity contribution is -0.143. The van der Waals surface area contributed by atoms with E-state index in [1.165, 1.54) is 0 Å². The number of hydrogen-bond donors (Lipinski definition) is 7. The molecule has 182 valence electrons. The van der Waals surface area contributed by atoms with Crippen LogP contribution in [0.15, 0.2) is 0 Å². The van der Waals surface area contributed by atoms with Crippen LogP contribution in [0.4, 0.5) is 4.79 Å². The average molecular weight is 451 g/mol. The monoisotopic (exact) mass is 450 g/mol. The van der Waals surface area contributed by atoms with Crippen LogP contribution in [0.1, 0.15) is 19.3 Å². The first-order valence-electron chi connectivity index (χ1n) is 10.3. The SMILES string of the molecule is NCCOCCOCCNC(=O)NCCC(CCN)(CCN)NC(=O)COCC(=O)O. The molecule has 0 heterocycles. The van der Waals surface area contributed by atoms with Crippen molar-refractivity contribution in [3.05, 3.63) is 0 Å². The van der Waals surface area contributed by atoms with Gasteiger partial charge in [0.15, 0.2) is 0 Å². The molecule has 3 amide bonds. The fourth-order valence-corrected chi connectivity index (χ4v) is 2.80. The largest absolute Gasteiger partial charge is 0.480 e. The molecule has 0 aliphatic heterocycles. The predicted octanol–water partition coefficient (Wildman–Crippen LogP) is -2.68. The highest BCUT2D eigenvalue weighted by Gasteiger charge is 2.30. The molecule has 0 atom stereocenters. The third kappa shape index (κ3) is 16.3. The van der Waals surface area contributed by atoms with Gasteiger partial charge >= 0.3 is 12.0 Å². The Balaban J connectivity index is 4.29. The van der Waals surface area contributed by atoms with Crippen molar-refractivity contribution in [1.82, 2.24) is 16.0 Å². The summed E-state index contributed by atoms with van der Waals surface area (Å²) in [7, 11) is 0. The minimum atomic E-state index is -1.16. The summed E-state index contributed by atoms with van der Waals surface area (Å²) in [5.74, 6) is -1.64. The Hall–Kier alpha value is -2.03. The summed E-state index contributed by atoms with van der Waals surface area (Å²) in [5, 5.41) is 16.8. The molecule has 0 rings (SSSR count). The van der Waals surface area contributed by atoms with Crippen molar-refractivity contribution in [2.75, 3.05) is 72.4 Å². The second-order valence-corrected chi connectivity index (χ2v) is 6.74. The van der Waals surface area contributed by atoms with Gasteiger partial charge in [0, 0.05) is 25.2 Å². The zero-order valence-electron chi connectivity index (χ0n) is 18.0. The highest BCUT2D eigenvalue weighted by molar-refractivity contribution is 5.78. The van der Waals surface area contributed by atoms with Gasteiger partial charge in [-0.3, -0.25) is 4.79 Å². The maximum atomic E-state index is 12.1. The van der Waals surface area contributed by atoms with Crippen LogP contribution in [0.5, 0.6) is 0 Å². The van der Waals surface area contributed by atoms with Crippen LogP contribution in [-0.2, 0) is 23.8 Å². The van der Waals surface area contributed by atoms with E-state index in [9.17, 15) is 14.4 Å². The molecule has 0 aromatic heterocycles. The molecular weight excluding hydrogens is 412 g/mol. The second-order valence-electron chi connectivity index (χ2n) is 6.74. The second kappa shape index (κ2) is 18.7. The lowest BCUT2D eigenvalue weighted by Crippen LogP contribution is -2.54. The number of carboxylic acids is 1. The van der Waals surface area contributed by atoms with Crippen LogP contribution in [0, 0.1) is 0 Å². The van der Waals surface area contributed by atoms with Gasteiger partial charge in [-0.05, 0) is 32.4 Å². The Bertz CT molecular complexity index is 504. The number of nitrogens with two attached hydrogens (primary N) is 3. The number of nitrogens with one attached hydrogen (secondary N) is 3. The molecule has 13 heteroatoms. The van der Waals surface area contributed by atoms with Crippen LogP contribution >= 0.6 is 0 Å². The maximum Gasteiger partial charge on any atom is 0.329 e. The van der Waals surface area contributed by atoms with Gasteiger partial charge in [0.25, 0.3) is 0 Å². The lowest BCUT2D eigenvalue weighted by Gasteiger charge is -2.34. The zero-order chi connectivity index (χ0) is 23.4. The maximum absolute atomic E-state index is 12.1. The smallest absolute Gasteiger partial charge is 0.329 e. The molecule has 0 spiro atoms. The summed E-state index contributed by atoms with van der Waals surface area (Å²) >= 11 is 0. The quantitative estimate of drug-likeness (QED) is 0.0954. The molecule has 0 unspecified atom stereocenters. The molecule has 0 aromatic carbocycles. The van der Waals surface area contributed by atoms with Crippen LogP contribution in [0.3, 0.4) is 0 Å². The van der Waals surface area contributed by atoms with E-state index in [1.54, 1.807) is 0 Å². The summed E-state index contributed by atoms with van der Waals surface area (Å²) in [6, 6.07) is -0.367. The van der Waals surface area contributed by atoms with E-state index >= 15 is 0 Å². The van der Waals surface area contributed by atoms with E-state index in [1.807, 2.05) is 0 Å². The van der Waals surface area contributed by atoms with E-state index in [-0.39, 0.29) is 12.6 Å². The van der Waals surface area contributed by atoms with E-state index in [4.69, 9.17) is 36.5 Å². The van der Waals surface area contributed by atoms with E-state index in [0.29, 0.717) is 71.9 Å². The molecule has 0 aromatic rings. The highest BCUT2D eigenvalue weighted by Crippen LogP contribution is 2.19. The van der Waals surface area contributed by atoms with Crippen molar-refractivity contribution in [1.29, 1.82) is 0 Å². The number of urea groups is 1. The third-order valence-corrected chi connectivity index (χ3v) is 4.16. The summed E-state index contributed by atoms with van der Waals surface area (Å²) in [5.41, 5.74) is 16.0. The first-order chi connectivity index (χ1) is 14.9. The molecule has 0 saturated heterocycles. The van der Waals surface area contributed by atoms with Crippen molar-refractivity contribution in [3.8, 4) is 0 Å². The summed E-state index contributed by atoms with van der Waals surface area (Å²) in [6.45, 7) is 2.39. The van der Waals surface area contributed by atoms with Gasteiger partial charge < -0.3 is 52.5 Å². The summed E-state index contributed by atoms with van der Waals surface area (Å²) in [6.07, 6.45) is 1.28. The predicted molar refractivity (Wildman–Crippen MR) is 113 cm³/mol. The highest BCUT2D eigenvalue weighted by atomic mass is 16.5. The minimum Gasteiger partial charge on any atom is -0.480 e. The fourth-order valence-electron chi connectivity index (χ4n) is 2.80. The van der Waals surface area contributed by atoms with Gasteiger partial charge in [-0.2, -0.15) is 0 Å². The zero-order valence-corrected chi connectivity index (χ0v) is 18.0. The van der Waals surface area contributed by atoms with Crippen molar-refractivity contribution in [3.63, 3.8) is 0 Å². The normalized spacial score (nSPS) is 11.2. The van der Waals surface area contributed by atoms with E-state index < -0.39 is 30.6 Å². The Morgan fingerprint density at radius 1 is 0.742 bits per heavy atom. The van der Waals surface area contributed by atoms with Gasteiger partial charge in [0.05, 0.1) is 26.4 Å². The molecule has 0 bridgehead atoms. The van der Waals surface area contributed by atoms with Crippen molar-refractivity contribution < 1.29 is 33.7 Å². The fraction of sp³-hybridized carbons (Fsp3) is 0.833. The van der Waals surface area contributed by atoms with Gasteiger partial charge in [0.1, 0.15) is 13.2 Å². The van der Waals surface area contributed by atoms with Crippen molar-refractivity contribution in [2.45, 2.75) is 24.8 Å². The Morgan fingerprint density at radius 2 is 1.35 bits per heavy atom. The van der Waals surface area contributed by atoms with Crippen LogP contribution < -0.4 is 33.2 Å².